The van der Waals surface area contributed by atoms with E-state index in [1.165, 1.54) is 62.3 Å². The SMILES string of the molecule is CC#N.CC(C)N(CCCc1ccc(C2CCCCC2Cl)cc1)CCc1ccccc1. The largest absolute Gasteiger partial charge is 0.301 e. The summed E-state index contributed by atoms with van der Waals surface area (Å²) in [7, 11) is 0. The number of aryl methyl sites for hydroxylation is 1. The van der Waals surface area contributed by atoms with Gasteiger partial charge in [0.05, 0.1) is 6.07 Å². The fourth-order valence-electron chi connectivity index (χ4n) is 4.42. The monoisotopic (exact) mass is 438 g/mol. The molecule has 0 amide bonds. The molecule has 31 heavy (non-hydrogen) atoms. The highest BCUT2D eigenvalue weighted by Gasteiger charge is 2.24. The first kappa shape index (κ1) is 25.4. The van der Waals surface area contributed by atoms with E-state index < -0.39 is 0 Å². The van der Waals surface area contributed by atoms with Crippen LogP contribution in [0.15, 0.2) is 54.6 Å². The van der Waals surface area contributed by atoms with E-state index in [0.29, 0.717) is 17.3 Å². The maximum Gasteiger partial charge on any atom is 0.0587 e. The Morgan fingerprint density at radius 1 is 0.935 bits per heavy atom. The summed E-state index contributed by atoms with van der Waals surface area (Å²) in [5.74, 6) is 0.555. The number of nitriles is 1. The number of rotatable bonds is 9. The molecule has 168 valence electrons. The van der Waals surface area contributed by atoms with Gasteiger partial charge in [-0.15, -0.1) is 11.6 Å². The molecule has 0 bridgehead atoms. The molecule has 0 saturated heterocycles. The number of hydrogen-bond donors (Lipinski definition) is 0. The standard InChI is InChI=1S/C26H36ClN.C2H3N/c1-21(2)28(20-18-22-9-4-3-5-10-22)19-8-11-23-14-16-24(17-15-23)25-12-6-7-13-26(25)27;1-2-3/h3-5,9-10,14-17,21,25-26H,6-8,11-13,18-20H2,1-2H3;1H3. The minimum Gasteiger partial charge on any atom is -0.301 e. The summed E-state index contributed by atoms with van der Waals surface area (Å²) in [5, 5.41) is 7.64. The molecule has 0 aromatic heterocycles. The lowest BCUT2D eigenvalue weighted by Crippen LogP contribution is -2.34. The third-order valence-corrected chi connectivity index (χ3v) is 6.78. The van der Waals surface area contributed by atoms with Crippen LogP contribution in [-0.4, -0.2) is 29.4 Å². The predicted molar refractivity (Wildman–Crippen MR) is 134 cm³/mol. The first-order chi connectivity index (χ1) is 15.0. The van der Waals surface area contributed by atoms with Crippen molar-refractivity contribution < 1.29 is 0 Å². The van der Waals surface area contributed by atoms with Gasteiger partial charge in [0.1, 0.15) is 0 Å². The van der Waals surface area contributed by atoms with Gasteiger partial charge in [-0.05, 0) is 69.2 Å². The van der Waals surface area contributed by atoms with Gasteiger partial charge in [0, 0.05) is 30.8 Å². The van der Waals surface area contributed by atoms with E-state index >= 15 is 0 Å². The van der Waals surface area contributed by atoms with Crippen LogP contribution in [0.5, 0.6) is 0 Å². The van der Waals surface area contributed by atoms with Crippen LogP contribution in [0.2, 0.25) is 0 Å². The second-order valence-corrected chi connectivity index (χ2v) is 9.40. The zero-order chi connectivity index (χ0) is 22.5. The van der Waals surface area contributed by atoms with Crippen LogP contribution in [-0.2, 0) is 12.8 Å². The van der Waals surface area contributed by atoms with Crippen molar-refractivity contribution >= 4 is 11.6 Å². The van der Waals surface area contributed by atoms with Crippen LogP contribution in [0, 0.1) is 11.3 Å². The molecule has 2 nitrogen and oxygen atoms in total. The third kappa shape index (κ3) is 9.06. The van der Waals surface area contributed by atoms with E-state index in [4.69, 9.17) is 16.9 Å². The van der Waals surface area contributed by atoms with Crippen molar-refractivity contribution in [3.63, 3.8) is 0 Å². The van der Waals surface area contributed by atoms with E-state index in [9.17, 15) is 0 Å². The van der Waals surface area contributed by atoms with Gasteiger partial charge in [0.15, 0.2) is 0 Å². The maximum atomic E-state index is 7.32. The van der Waals surface area contributed by atoms with Crippen molar-refractivity contribution in [2.24, 2.45) is 0 Å². The Kier molecular flexibility index (Phi) is 11.7. The summed E-state index contributed by atoms with van der Waals surface area (Å²) in [6, 6.07) is 22.5. The number of benzene rings is 2. The average molecular weight is 439 g/mol. The molecular formula is C28H39ClN2. The van der Waals surface area contributed by atoms with Gasteiger partial charge in [-0.25, -0.2) is 0 Å². The van der Waals surface area contributed by atoms with Crippen molar-refractivity contribution in [2.75, 3.05) is 13.1 Å². The molecular weight excluding hydrogens is 400 g/mol. The van der Waals surface area contributed by atoms with E-state index in [0.717, 1.165) is 19.4 Å². The Labute approximate surface area is 195 Å². The molecule has 1 saturated carbocycles. The van der Waals surface area contributed by atoms with Crippen LogP contribution in [0.3, 0.4) is 0 Å². The number of nitrogens with zero attached hydrogens (tertiary/aromatic N) is 2. The predicted octanol–water partition coefficient (Wildman–Crippen LogP) is 7.37. The normalized spacial score (nSPS) is 18.4. The Morgan fingerprint density at radius 3 is 2.16 bits per heavy atom. The van der Waals surface area contributed by atoms with Gasteiger partial charge < -0.3 is 4.90 Å². The van der Waals surface area contributed by atoms with E-state index in [2.05, 4.69) is 73.3 Å². The first-order valence-corrected chi connectivity index (χ1v) is 12.3. The number of alkyl halides is 1. The lowest BCUT2D eigenvalue weighted by molar-refractivity contribution is 0.222. The second-order valence-electron chi connectivity index (χ2n) is 8.84. The van der Waals surface area contributed by atoms with Crippen LogP contribution in [0.1, 0.15) is 75.5 Å². The fourth-order valence-corrected chi connectivity index (χ4v) is 4.85. The lowest BCUT2D eigenvalue weighted by atomic mass is 9.83. The molecule has 0 aliphatic heterocycles. The van der Waals surface area contributed by atoms with Gasteiger partial charge in [-0.2, -0.15) is 5.26 Å². The van der Waals surface area contributed by atoms with Gasteiger partial charge >= 0.3 is 0 Å². The molecule has 1 aliphatic carbocycles. The maximum absolute atomic E-state index is 7.32. The van der Waals surface area contributed by atoms with Crippen LogP contribution in [0.25, 0.3) is 0 Å². The Morgan fingerprint density at radius 2 is 1.55 bits per heavy atom. The Bertz CT molecular complexity index is 764. The zero-order valence-electron chi connectivity index (χ0n) is 19.6. The van der Waals surface area contributed by atoms with E-state index in [-0.39, 0.29) is 0 Å². The molecule has 1 aliphatic rings. The third-order valence-electron chi connectivity index (χ3n) is 6.26. The summed E-state index contributed by atoms with van der Waals surface area (Å²) in [4.78, 5) is 2.61. The van der Waals surface area contributed by atoms with Gasteiger partial charge in [-0.1, -0.05) is 67.4 Å². The molecule has 3 rings (SSSR count). The molecule has 0 heterocycles. The van der Waals surface area contributed by atoms with Gasteiger partial charge in [0.25, 0.3) is 0 Å². The summed E-state index contributed by atoms with van der Waals surface area (Å²) >= 11 is 6.57. The lowest BCUT2D eigenvalue weighted by Gasteiger charge is -2.27. The summed E-state index contributed by atoms with van der Waals surface area (Å²) < 4.78 is 0. The van der Waals surface area contributed by atoms with Crippen LogP contribution in [0.4, 0.5) is 0 Å². The van der Waals surface area contributed by atoms with Gasteiger partial charge in [0.2, 0.25) is 0 Å². The molecule has 0 N–H and O–H groups in total. The first-order valence-electron chi connectivity index (χ1n) is 11.9. The van der Waals surface area contributed by atoms with Crippen molar-refractivity contribution in [2.45, 2.75) is 83.1 Å². The van der Waals surface area contributed by atoms with Crippen molar-refractivity contribution in [1.82, 2.24) is 4.90 Å². The topological polar surface area (TPSA) is 27.0 Å². The smallest absolute Gasteiger partial charge is 0.0587 e. The van der Waals surface area contributed by atoms with Gasteiger partial charge in [-0.3, -0.25) is 0 Å². The number of hydrogen-bond acceptors (Lipinski definition) is 2. The molecule has 0 radical (unpaired) electrons. The Balaban J connectivity index is 0.00000107. The summed E-state index contributed by atoms with van der Waals surface area (Å²) in [5.41, 5.74) is 4.33. The van der Waals surface area contributed by atoms with Crippen LogP contribution < -0.4 is 0 Å². The highest BCUT2D eigenvalue weighted by atomic mass is 35.5. The number of halogens is 1. The quantitative estimate of drug-likeness (QED) is 0.382. The summed E-state index contributed by atoms with van der Waals surface area (Å²) in [6.45, 7) is 8.36. The molecule has 2 aromatic rings. The fraction of sp³-hybridized carbons (Fsp3) is 0.536. The molecule has 3 heteroatoms. The molecule has 1 fully saturated rings. The van der Waals surface area contributed by atoms with Crippen LogP contribution >= 0.6 is 11.6 Å². The molecule has 2 unspecified atom stereocenters. The highest BCUT2D eigenvalue weighted by molar-refractivity contribution is 6.21. The minimum absolute atomic E-state index is 0.323. The Hall–Kier alpha value is -1.82. The second kappa shape index (κ2) is 14.3. The molecule has 2 aromatic carbocycles. The van der Waals surface area contributed by atoms with Crippen molar-refractivity contribution in [1.29, 1.82) is 5.26 Å². The summed E-state index contributed by atoms with van der Waals surface area (Å²) in [6.07, 6.45) is 8.54. The van der Waals surface area contributed by atoms with Crippen molar-refractivity contribution in [3.8, 4) is 6.07 Å². The highest BCUT2D eigenvalue weighted by Crippen LogP contribution is 2.36. The molecule has 2 atom stereocenters. The molecule has 0 spiro atoms. The zero-order valence-corrected chi connectivity index (χ0v) is 20.3. The van der Waals surface area contributed by atoms with Crippen molar-refractivity contribution in [3.05, 3.63) is 71.3 Å². The minimum atomic E-state index is 0.323. The van der Waals surface area contributed by atoms with E-state index in [1.807, 2.05) is 0 Å². The van der Waals surface area contributed by atoms with E-state index in [1.54, 1.807) is 6.07 Å². The average Bonchev–Trinajstić information content (AvgIpc) is 2.78.